The lowest BCUT2D eigenvalue weighted by Crippen LogP contribution is -2.42. The number of benzene rings is 1. The number of piperidine rings is 1. The molecule has 1 aromatic heterocycles. The first-order valence-electron chi connectivity index (χ1n) is 9.25. The van der Waals surface area contributed by atoms with Gasteiger partial charge in [0.2, 0.25) is 11.8 Å². The van der Waals surface area contributed by atoms with Crippen molar-refractivity contribution in [2.45, 2.75) is 38.8 Å². The zero-order chi connectivity index (χ0) is 19.1. The molecule has 2 amide bonds. The Morgan fingerprint density at radius 2 is 2.00 bits per heavy atom. The summed E-state index contributed by atoms with van der Waals surface area (Å²) in [7, 11) is 0. The second kappa shape index (κ2) is 9.50. The third-order valence-electron chi connectivity index (χ3n) is 4.87. The van der Waals surface area contributed by atoms with Crippen molar-refractivity contribution in [3.63, 3.8) is 0 Å². The van der Waals surface area contributed by atoms with Crippen molar-refractivity contribution in [2.75, 3.05) is 13.1 Å². The van der Waals surface area contributed by atoms with Crippen LogP contribution in [0.25, 0.3) is 0 Å². The first-order chi connectivity index (χ1) is 13.1. The Bertz CT molecular complexity index is 757. The van der Waals surface area contributed by atoms with Gasteiger partial charge in [0, 0.05) is 43.5 Å². The normalized spacial score (nSPS) is 14.9. The molecule has 0 unspecified atom stereocenters. The van der Waals surface area contributed by atoms with E-state index in [-0.39, 0.29) is 17.7 Å². The van der Waals surface area contributed by atoms with Crippen LogP contribution in [0.15, 0.2) is 36.9 Å². The molecule has 1 aliphatic rings. The van der Waals surface area contributed by atoms with Gasteiger partial charge in [0.1, 0.15) is 12.7 Å². The van der Waals surface area contributed by atoms with Gasteiger partial charge in [-0.2, -0.15) is 5.10 Å². The van der Waals surface area contributed by atoms with Gasteiger partial charge in [0.25, 0.3) is 0 Å². The van der Waals surface area contributed by atoms with Crippen LogP contribution in [0, 0.1) is 5.92 Å². The highest BCUT2D eigenvalue weighted by molar-refractivity contribution is 6.31. The molecule has 8 heteroatoms. The van der Waals surface area contributed by atoms with Crippen molar-refractivity contribution in [3.8, 4) is 0 Å². The third-order valence-corrected chi connectivity index (χ3v) is 5.24. The molecule has 1 aromatic carbocycles. The fourth-order valence-corrected chi connectivity index (χ4v) is 3.46. The third kappa shape index (κ3) is 5.53. The summed E-state index contributed by atoms with van der Waals surface area (Å²) in [6, 6.07) is 7.49. The molecule has 0 saturated carbocycles. The second-order valence-corrected chi connectivity index (χ2v) is 7.13. The summed E-state index contributed by atoms with van der Waals surface area (Å²) in [5.41, 5.74) is 0.910. The van der Waals surface area contributed by atoms with E-state index < -0.39 is 0 Å². The monoisotopic (exact) mass is 389 g/mol. The molecule has 2 heterocycles. The number of nitrogens with zero attached hydrogens (tertiary/aromatic N) is 4. The van der Waals surface area contributed by atoms with Crippen LogP contribution in [-0.4, -0.2) is 44.6 Å². The highest BCUT2D eigenvalue weighted by Gasteiger charge is 2.27. The first kappa shape index (κ1) is 19.4. The molecule has 2 aromatic rings. The quantitative estimate of drug-likeness (QED) is 0.787. The summed E-state index contributed by atoms with van der Waals surface area (Å²) in [4.78, 5) is 30.5. The number of carbonyl (C=O) groups excluding carboxylic acids is 2. The molecule has 0 atom stereocenters. The lowest BCUT2D eigenvalue weighted by Gasteiger charge is -2.31. The van der Waals surface area contributed by atoms with E-state index in [0.717, 1.165) is 12.0 Å². The second-order valence-electron chi connectivity index (χ2n) is 6.73. The first-order valence-corrected chi connectivity index (χ1v) is 9.62. The minimum atomic E-state index is -0.0494. The maximum atomic E-state index is 12.4. The molecule has 1 fully saturated rings. The maximum Gasteiger partial charge on any atom is 0.223 e. The van der Waals surface area contributed by atoms with Gasteiger partial charge < -0.3 is 10.2 Å². The average Bonchev–Trinajstić information content (AvgIpc) is 3.20. The van der Waals surface area contributed by atoms with Crippen molar-refractivity contribution >= 4 is 23.4 Å². The Balaban J connectivity index is 1.37. The number of hydrogen-bond donors (Lipinski definition) is 1. The molecule has 1 saturated heterocycles. The minimum Gasteiger partial charge on any atom is -0.352 e. The van der Waals surface area contributed by atoms with Gasteiger partial charge in [-0.25, -0.2) is 4.98 Å². The Hall–Kier alpha value is -2.41. The van der Waals surface area contributed by atoms with Crippen molar-refractivity contribution in [1.29, 1.82) is 0 Å². The highest BCUT2D eigenvalue weighted by atomic mass is 35.5. The Morgan fingerprint density at radius 1 is 1.22 bits per heavy atom. The van der Waals surface area contributed by atoms with Crippen LogP contribution in [0.1, 0.15) is 31.2 Å². The fourth-order valence-electron chi connectivity index (χ4n) is 3.26. The average molecular weight is 390 g/mol. The standard InChI is InChI=1S/C19H24ClN5O2/c20-17-5-2-1-4-16(17)12-22-19(27)15-7-10-24(11-8-15)18(26)6-3-9-25-14-21-13-23-25/h1-2,4-5,13-15H,3,6-12H2,(H,22,27). The van der Waals surface area contributed by atoms with Gasteiger partial charge in [0.15, 0.2) is 0 Å². The van der Waals surface area contributed by atoms with Crippen LogP contribution in [-0.2, 0) is 22.7 Å². The largest absolute Gasteiger partial charge is 0.352 e. The molecule has 144 valence electrons. The van der Waals surface area contributed by atoms with E-state index in [1.165, 1.54) is 6.33 Å². The van der Waals surface area contributed by atoms with E-state index in [1.54, 1.807) is 11.0 Å². The Morgan fingerprint density at radius 3 is 2.70 bits per heavy atom. The number of aromatic nitrogens is 3. The Kier molecular flexibility index (Phi) is 6.81. The van der Waals surface area contributed by atoms with Crippen molar-refractivity contribution < 1.29 is 9.59 Å². The molecule has 3 rings (SSSR count). The molecule has 27 heavy (non-hydrogen) atoms. The number of aryl methyl sites for hydroxylation is 1. The number of amides is 2. The number of nitrogens with one attached hydrogen (secondary N) is 1. The van der Waals surface area contributed by atoms with Gasteiger partial charge >= 0.3 is 0 Å². The molecule has 7 nitrogen and oxygen atoms in total. The molecular formula is C19H24ClN5O2. The topological polar surface area (TPSA) is 80.1 Å². The molecule has 0 bridgehead atoms. The van der Waals surface area contributed by atoms with Crippen molar-refractivity contribution in [1.82, 2.24) is 25.0 Å². The maximum absolute atomic E-state index is 12.4. The Labute approximate surface area is 163 Å². The van der Waals surface area contributed by atoms with Gasteiger partial charge in [-0.05, 0) is 30.9 Å². The van der Waals surface area contributed by atoms with E-state index >= 15 is 0 Å². The predicted octanol–water partition coefficient (Wildman–Crippen LogP) is 2.27. The smallest absolute Gasteiger partial charge is 0.223 e. The zero-order valence-electron chi connectivity index (χ0n) is 15.2. The molecule has 1 aliphatic heterocycles. The number of likely N-dealkylation sites (tertiary alicyclic amines) is 1. The highest BCUT2D eigenvalue weighted by Crippen LogP contribution is 2.19. The molecule has 0 spiro atoms. The number of carbonyl (C=O) groups is 2. The predicted molar refractivity (Wildman–Crippen MR) is 102 cm³/mol. The van der Waals surface area contributed by atoms with Crippen LogP contribution in [0.3, 0.4) is 0 Å². The van der Waals surface area contributed by atoms with E-state index in [9.17, 15) is 9.59 Å². The fraction of sp³-hybridized carbons (Fsp3) is 0.474. The van der Waals surface area contributed by atoms with Crippen LogP contribution < -0.4 is 5.32 Å². The molecule has 0 radical (unpaired) electrons. The zero-order valence-corrected chi connectivity index (χ0v) is 15.9. The van der Waals surface area contributed by atoms with Crippen molar-refractivity contribution in [3.05, 3.63) is 47.5 Å². The number of rotatable bonds is 7. The summed E-state index contributed by atoms with van der Waals surface area (Å²) in [5, 5.41) is 7.65. The lowest BCUT2D eigenvalue weighted by molar-refractivity contribution is -0.135. The van der Waals surface area contributed by atoms with Crippen LogP contribution >= 0.6 is 11.6 Å². The van der Waals surface area contributed by atoms with Gasteiger partial charge in [0.05, 0.1) is 0 Å². The van der Waals surface area contributed by atoms with Crippen LogP contribution in [0.4, 0.5) is 0 Å². The van der Waals surface area contributed by atoms with E-state index in [4.69, 9.17) is 11.6 Å². The summed E-state index contributed by atoms with van der Waals surface area (Å²) in [6.45, 7) is 2.38. The van der Waals surface area contributed by atoms with Crippen LogP contribution in [0.5, 0.6) is 0 Å². The number of hydrogen-bond acceptors (Lipinski definition) is 4. The SMILES string of the molecule is O=C(NCc1ccccc1Cl)C1CCN(C(=O)CCCn2cncn2)CC1. The van der Waals surface area contributed by atoms with Crippen LogP contribution in [0.2, 0.25) is 5.02 Å². The van der Waals surface area contributed by atoms with E-state index in [2.05, 4.69) is 15.4 Å². The summed E-state index contributed by atoms with van der Waals surface area (Å²) in [5.74, 6) is 0.130. The van der Waals surface area contributed by atoms with Gasteiger partial charge in [-0.3, -0.25) is 14.3 Å². The lowest BCUT2D eigenvalue weighted by atomic mass is 9.95. The summed E-state index contributed by atoms with van der Waals surface area (Å²) in [6.07, 6.45) is 5.76. The van der Waals surface area contributed by atoms with Crippen molar-refractivity contribution in [2.24, 2.45) is 5.92 Å². The molecule has 1 N–H and O–H groups in total. The van der Waals surface area contributed by atoms with Gasteiger partial charge in [-0.1, -0.05) is 29.8 Å². The van der Waals surface area contributed by atoms with E-state index in [1.807, 2.05) is 29.2 Å². The minimum absolute atomic E-state index is 0.0354. The van der Waals surface area contributed by atoms with E-state index in [0.29, 0.717) is 50.5 Å². The number of halogens is 1. The molecule has 0 aliphatic carbocycles. The van der Waals surface area contributed by atoms with Gasteiger partial charge in [-0.15, -0.1) is 0 Å². The summed E-state index contributed by atoms with van der Waals surface area (Å²) >= 11 is 6.12. The summed E-state index contributed by atoms with van der Waals surface area (Å²) < 4.78 is 1.73. The molecular weight excluding hydrogens is 366 g/mol.